The van der Waals surface area contributed by atoms with Gasteiger partial charge in [-0.2, -0.15) is 11.8 Å². The van der Waals surface area contributed by atoms with Gasteiger partial charge in [0, 0.05) is 35.6 Å². The highest BCUT2D eigenvalue weighted by Crippen LogP contribution is 2.26. The van der Waals surface area contributed by atoms with E-state index in [-0.39, 0.29) is 5.84 Å². The average molecular weight is 299 g/mol. The van der Waals surface area contributed by atoms with Gasteiger partial charge in [0.15, 0.2) is 9.84 Å². The number of rotatable bonds is 3. The van der Waals surface area contributed by atoms with Crippen LogP contribution in [0, 0.1) is 5.41 Å². The molecule has 1 saturated heterocycles. The molecule has 3 N–H and O–H groups in total. The number of hydrogen-bond acceptors (Lipinski definition) is 5. The predicted octanol–water partition coefficient (Wildman–Crippen LogP) is 0.895. The summed E-state index contributed by atoms with van der Waals surface area (Å²) >= 11 is 1.66. The number of hydrogen-bond donors (Lipinski definition) is 2. The van der Waals surface area contributed by atoms with Crippen LogP contribution in [0.25, 0.3) is 0 Å². The quantitative estimate of drug-likeness (QED) is 0.639. The molecule has 104 valence electrons. The van der Waals surface area contributed by atoms with Crippen molar-refractivity contribution < 1.29 is 8.42 Å². The minimum atomic E-state index is -3.11. The first kappa shape index (κ1) is 14.2. The molecule has 1 atom stereocenters. The molecule has 1 aromatic carbocycles. The lowest BCUT2D eigenvalue weighted by molar-refractivity contribution is 0.584. The fourth-order valence-corrected chi connectivity index (χ4v) is 4.90. The van der Waals surface area contributed by atoms with Gasteiger partial charge in [-0.3, -0.25) is 5.41 Å². The molecule has 7 heteroatoms. The summed E-state index contributed by atoms with van der Waals surface area (Å²) in [5.41, 5.74) is 6.92. The van der Waals surface area contributed by atoms with E-state index in [1.54, 1.807) is 23.9 Å². The van der Waals surface area contributed by atoms with Crippen LogP contribution in [0.4, 0.5) is 5.69 Å². The van der Waals surface area contributed by atoms with Crippen LogP contribution >= 0.6 is 11.8 Å². The maximum Gasteiger partial charge on any atom is 0.169 e. The van der Waals surface area contributed by atoms with E-state index >= 15 is 0 Å². The number of sulfone groups is 1. The molecule has 1 heterocycles. The van der Waals surface area contributed by atoms with Crippen LogP contribution in [-0.2, 0) is 9.84 Å². The Morgan fingerprint density at radius 3 is 2.58 bits per heavy atom. The summed E-state index contributed by atoms with van der Waals surface area (Å²) in [6.07, 6.45) is 1.28. The number of benzene rings is 1. The smallest absolute Gasteiger partial charge is 0.169 e. The number of nitrogens with one attached hydrogen (secondary N) is 1. The monoisotopic (exact) mass is 299 g/mol. The van der Waals surface area contributed by atoms with Gasteiger partial charge in [0.05, 0.1) is 0 Å². The third-order valence-corrected chi connectivity index (χ3v) is 5.73. The van der Waals surface area contributed by atoms with Gasteiger partial charge < -0.3 is 10.6 Å². The lowest BCUT2D eigenvalue weighted by atomic mass is 10.2. The molecule has 1 aliphatic heterocycles. The summed E-state index contributed by atoms with van der Waals surface area (Å²) in [4.78, 5) is 1.91. The first-order valence-corrected chi connectivity index (χ1v) is 8.98. The maximum absolute atomic E-state index is 11.8. The second-order valence-electron chi connectivity index (χ2n) is 4.51. The summed E-state index contributed by atoms with van der Waals surface area (Å²) in [5.74, 6) is 1.52. The molecular weight excluding hydrogens is 282 g/mol. The van der Waals surface area contributed by atoms with Crippen molar-refractivity contribution in [3.05, 3.63) is 29.8 Å². The average Bonchev–Trinajstić information content (AvgIpc) is 2.38. The highest BCUT2D eigenvalue weighted by Gasteiger charge is 2.31. The normalized spacial score (nSPS) is 20.3. The Kier molecular flexibility index (Phi) is 4.05. The molecule has 0 aromatic heterocycles. The second kappa shape index (κ2) is 5.42. The molecule has 1 aromatic rings. The van der Waals surface area contributed by atoms with E-state index in [0.29, 0.717) is 17.9 Å². The van der Waals surface area contributed by atoms with Crippen LogP contribution in [0.15, 0.2) is 24.3 Å². The standard InChI is InChI=1S/C12H17N3O2S2/c1-19(16,17)11-8-18-7-6-15(11)10-4-2-9(3-5-10)12(13)14/h2-5,11H,6-8H2,1H3,(H3,13,14). The van der Waals surface area contributed by atoms with Gasteiger partial charge in [-0.25, -0.2) is 8.42 Å². The van der Waals surface area contributed by atoms with E-state index in [9.17, 15) is 8.42 Å². The van der Waals surface area contributed by atoms with Crippen LogP contribution in [0.2, 0.25) is 0 Å². The number of nitrogen functional groups attached to an aromatic ring is 1. The molecule has 2 rings (SSSR count). The number of thioether (sulfide) groups is 1. The summed E-state index contributed by atoms with van der Waals surface area (Å²) in [7, 11) is -3.11. The Morgan fingerprint density at radius 1 is 1.42 bits per heavy atom. The topological polar surface area (TPSA) is 87.2 Å². The van der Waals surface area contributed by atoms with Crippen molar-refractivity contribution >= 4 is 33.1 Å². The highest BCUT2D eigenvalue weighted by molar-refractivity contribution is 8.01. The first-order valence-electron chi connectivity index (χ1n) is 5.87. The fraction of sp³-hybridized carbons (Fsp3) is 0.417. The van der Waals surface area contributed by atoms with E-state index in [1.165, 1.54) is 6.26 Å². The molecule has 0 aliphatic carbocycles. The van der Waals surface area contributed by atoms with Gasteiger partial charge in [0.1, 0.15) is 11.2 Å². The minimum absolute atomic E-state index is 0.0143. The molecular formula is C12H17N3O2S2. The Morgan fingerprint density at radius 2 is 2.05 bits per heavy atom. The number of nitrogens with two attached hydrogens (primary N) is 1. The zero-order chi connectivity index (χ0) is 14.0. The van der Waals surface area contributed by atoms with Crippen LogP contribution in [0.1, 0.15) is 5.56 Å². The van der Waals surface area contributed by atoms with Crippen LogP contribution < -0.4 is 10.6 Å². The van der Waals surface area contributed by atoms with Crippen molar-refractivity contribution in [3.8, 4) is 0 Å². The zero-order valence-corrected chi connectivity index (χ0v) is 12.3. The lowest BCUT2D eigenvalue weighted by Crippen LogP contribution is -2.47. The number of nitrogens with zero attached hydrogens (tertiary/aromatic N) is 1. The van der Waals surface area contributed by atoms with Crippen molar-refractivity contribution in [2.45, 2.75) is 5.37 Å². The molecule has 1 aliphatic rings. The largest absolute Gasteiger partial charge is 0.384 e. The van der Waals surface area contributed by atoms with Crippen LogP contribution in [-0.4, -0.2) is 43.9 Å². The van der Waals surface area contributed by atoms with Crippen molar-refractivity contribution in [3.63, 3.8) is 0 Å². The predicted molar refractivity (Wildman–Crippen MR) is 80.8 cm³/mol. The Hall–Kier alpha value is -1.21. The fourth-order valence-electron chi connectivity index (χ4n) is 2.06. The summed E-state index contributed by atoms with van der Waals surface area (Å²) in [5, 5.41) is 6.88. The Bertz CT molecular complexity index is 569. The molecule has 19 heavy (non-hydrogen) atoms. The summed E-state index contributed by atoms with van der Waals surface area (Å²) in [6.45, 7) is 0.710. The van der Waals surface area contributed by atoms with E-state index in [1.807, 2.05) is 17.0 Å². The number of anilines is 1. The summed E-state index contributed by atoms with van der Waals surface area (Å²) in [6, 6.07) is 7.15. The zero-order valence-electron chi connectivity index (χ0n) is 10.7. The van der Waals surface area contributed by atoms with Crippen LogP contribution in [0.5, 0.6) is 0 Å². The number of amidine groups is 1. The minimum Gasteiger partial charge on any atom is -0.384 e. The first-order chi connectivity index (χ1) is 8.89. The van der Waals surface area contributed by atoms with E-state index in [0.717, 1.165) is 11.4 Å². The van der Waals surface area contributed by atoms with Crippen LogP contribution in [0.3, 0.4) is 0 Å². The van der Waals surface area contributed by atoms with Gasteiger partial charge >= 0.3 is 0 Å². The Balaban J connectivity index is 2.30. The van der Waals surface area contributed by atoms with Gasteiger partial charge in [-0.05, 0) is 24.3 Å². The second-order valence-corrected chi connectivity index (χ2v) is 7.87. The van der Waals surface area contributed by atoms with Crippen molar-refractivity contribution in [1.29, 1.82) is 5.41 Å². The lowest BCUT2D eigenvalue weighted by Gasteiger charge is -2.35. The third kappa shape index (κ3) is 3.22. The maximum atomic E-state index is 11.8. The molecule has 5 nitrogen and oxygen atoms in total. The molecule has 1 unspecified atom stereocenters. The van der Waals surface area contributed by atoms with E-state index in [4.69, 9.17) is 11.1 Å². The molecule has 0 bridgehead atoms. The molecule has 0 amide bonds. The van der Waals surface area contributed by atoms with Crippen molar-refractivity contribution in [1.82, 2.24) is 0 Å². The molecule has 0 saturated carbocycles. The van der Waals surface area contributed by atoms with Crippen molar-refractivity contribution in [2.75, 3.05) is 29.2 Å². The highest BCUT2D eigenvalue weighted by atomic mass is 32.2. The van der Waals surface area contributed by atoms with Gasteiger partial charge in [-0.15, -0.1) is 0 Å². The van der Waals surface area contributed by atoms with Crippen molar-refractivity contribution in [2.24, 2.45) is 5.73 Å². The van der Waals surface area contributed by atoms with Gasteiger partial charge in [0.25, 0.3) is 0 Å². The Labute approximate surface area is 117 Å². The summed E-state index contributed by atoms with van der Waals surface area (Å²) < 4.78 is 23.7. The van der Waals surface area contributed by atoms with Gasteiger partial charge in [0.2, 0.25) is 0 Å². The van der Waals surface area contributed by atoms with Gasteiger partial charge in [-0.1, -0.05) is 0 Å². The molecule has 0 spiro atoms. The third-order valence-electron chi connectivity index (χ3n) is 3.09. The molecule has 0 radical (unpaired) electrons. The SMILES string of the molecule is CS(=O)(=O)C1CSCCN1c1ccc(C(=N)N)cc1. The van der Waals surface area contributed by atoms with E-state index < -0.39 is 15.2 Å². The molecule has 1 fully saturated rings. The van der Waals surface area contributed by atoms with E-state index in [2.05, 4.69) is 0 Å².